The molecule has 103 heavy (non-hydrogen) atoms. The zero-order valence-electron chi connectivity index (χ0n) is 55.2. The molecule has 0 aliphatic heterocycles. The third kappa shape index (κ3) is 16.5. The maximum atomic E-state index is 11.9. The van der Waals surface area contributed by atoms with Crippen LogP contribution >= 0.6 is 0 Å². The van der Waals surface area contributed by atoms with Crippen molar-refractivity contribution in [2.45, 2.75) is 39.9 Å². The number of pyridine rings is 3. The summed E-state index contributed by atoms with van der Waals surface area (Å²) in [5.41, 5.74) is 11.9. The molecule has 508 valence electrons. The zero-order valence-corrected chi connectivity index (χ0v) is 55.2. The summed E-state index contributed by atoms with van der Waals surface area (Å²) in [4.78, 5) is 59.5. The lowest BCUT2D eigenvalue weighted by molar-refractivity contribution is -0.139. The van der Waals surface area contributed by atoms with Gasteiger partial charge >= 0.3 is 5.97 Å². The van der Waals surface area contributed by atoms with E-state index in [1.54, 1.807) is 75.5 Å². The number of anilines is 1. The smallest absolute Gasteiger partial charge is 0.330 e. The first kappa shape index (κ1) is 67.3. The quantitative estimate of drug-likeness (QED) is 0.0419. The van der Waals surface area contributed by atoms with Crippen LogP contribution in [0.2, 0.25) is 0 Å². The minimum absolute atomic E-state index is 0.117. The summed E-state index contributed by atoms with van der Waals surface area (Å²) in [5, 5.41) is 49.8. The van der Waals surface area contributed by atoms with Crippen LogP contribution in [0, 0.1) is 0 Å². The Kier molecular flexibility index (Phi) is 20.9. The van der Waals surface area contributed by atoms with Crippen molar-refractivity contribution < 1.29 is 38.1 Å². The van der Waals surface area contributed by atoms with Gasteiger partial charge in [-0.2, -0.15) is 28.8 Å². The number of benzene rings is 6. The SMILES string of the molecule is C/C=C/C(=O)OCc1ccc2c(OCc3nnc4ccc(-c5ccccc5)nn34)ccnc2c1.C=CC(=O)NCC(=O)NCc1ccc2c(OCc3nnc4ccc(-c5ccccc5)nn34)ccnc2c1.C=CC(=O)Nc1ccc2c(OCc3nnc4ccc(-c5ccccc5)nn34)ccnc2c1. The number of nitrogens with zero attached hydrogens (tertiary/aromatic N) is 15. The summed E-state index contributed by atoms with van der Waals surface area (Å²) in [6.45, 7) is 9.47. The van der Waals surface area contributed by atoms with Gasteiger partial charge in [0.15, 0.2) is 34.4 Å². The largest absolute Gasteiger partial charge is 0.485 e. The van der Waals surface area contributed by atoms with Crippen molar-refractivity contribution in [2.24, 2.45) is 0 Å². The minimum Gasteiger partial charge on any atom is -0.485 e. The first-order valence-corrected chi connectivity index (χ1v) is 32.3. The van der Waals surface area contributed by atoms with Gasteiger partial charge in [-0.15, -0.1) is 30.6 Å². The molecule has 0 atom stereocenters. The Balaban J connectivity index is 0.000000138. The molecule has 15 aromatic rings. The van der Waals surface area contributed by atoms with Crippen LogP contribution in [0.1, 0.15) is 35.5 Å². The lowest BCUT2D eigenvalue weighted by Gasteiger charge is -2.10. The Bertz CT molecular complexity index is 5640. The van der Waals surface area contributed by atoms with Crippen molar-refractivity contribution in [1.82, 2.24) is 85.0 Å². The maximum absolute atomic E-state index is 11.9. The number of carbonyl (C=O) groups is 4. The van der Waals surface area contributed by atoms with Crippen molar-refractivity contribution in [1.29, 1.82) is 0 Å². The molecule has 0 saturated heterocycles. The van der Waals surface area contributed by atoms with Crippen LogP contribution in [0.25, 0.3) is 83.4 Å². The first-order valence-electron chi connectivity index (χ1n) is 32.3. The fourth-order valence-electron chi connectivity index (χ4n) is 10.6. The van der Waals surface area contributed by atoms with Crippen molar-refractivity contribution in [2.75, 3.05) is 11.9 Å². The molecular weight excluding hydrogens is 1300 g/mol. The highest BCUT2D eigenvalue weighted by Gasteiger charge is 2.17. The van der Waals surface area contributed by atoms with Gasteiger partial charge in [-0.25, -0.2) is 4.79 Å². The molecule has 0 aliphatic rings. The van der Waals surface area contributed by atoms with Crippen molar-refractivity contribution >= 4 is 79.0 Å². The Morgan fingerprint density at radius 3 is 1.29 bits per heavy atom. The van der Waals surface area contributed by atoms with Crippen molar-refractivity contribution in [3.8, 4) is 51.0 Å². The second kappa shape index (κ2) is 31.9. The highest BCUT2D eigenvalue weighted by atomic mass is 16.5. The molecule has 0 bridgehead atoms. The Labute approximate surface area is 587 Å². The number of allylic oxidation sites excluding steroid dienone is 1. The van der Waals surface area contributed by atoms with Gasteiger partial charge in [-0.05, 0) is 127 Å². The van der Waals surface area contributed by atoms with Crippen LogP contribution in [0.3, 0.4) is 0 Å². The molecule has 3 amide bonds. The van der Waals surface area contributed by atoms with Crippen LogP contribution in [0.4, 0.5) is 5.69 Å². The molecule has 3 N–H and O–H groups in total. The van der Waals surface area contributed by atoms with Crippen LogP contribution in [0.15, 0.2) is 256 Å². The predicted octanol–water partition coefficient (Wildman–Crippen LogP) is 11.4. The zero-order chi connectivity index (χ0) is 70.9. The van der Waals surface area contributed by atoms with Gasteiger partial charge < -0.3 is 34.9 Å². The van der Waals surface area contributed by atoms with Gasteiger partial charge in [0.25, 0.3) is 0 Å². The van der Waals surface area contributed by atoms with Gasteiger partial charge in [-0.1, -0.05) is 122 Å². The number of fused-ring (bicyclic) bond motifs is 6. The highest BCUT2D eigenvalue weighted by Crippen LogP contribution is 2.30. The van der Waals surface area contributed by atoms with Gasteiger partial charge in [-0.3, -0.25) is 29.3 Å². The molecule has 6 aromatic carbocycles. The topological polar surface area (TPSA) is 309 Å². The molecule has 26 nitrogen and oxygen atoms in total. The van der Waals surface area contributed by atoms with Gasteiger partial charge in [0.2, 0.25) is 17.7 Å². The normalized spacial score (nSPS) is 11.0. The second-order valence-corrected chi connectivity index (χ2v) is 22.6. The molecule has 0 radical (unpaired) electrons. The van der Waals surface area contributed by atoms with E-state index in [4.69, 9.17) is 29.1 Å². The predicted molar refractivity (Wildman–Crippen MR) is 385 cm³/mol. The van der Waals surface area contributed by atoms with E-state index in [-0.39, 0.29) is 50.8 Å². The molecular formula is C77H62N18O8. The van der Waals surface area contributed by atoms with E-state index in [9.17, 15) is 19.2 Å². The summed E-state index contributed by atoms with van der Waals surface area (Å²) >= 11 is 0. The lowest BCUT2D eigenvalue weighted by Crippen LogP contribution is -2.35. The highest BCUT2D eigenvalue weighted by molar-refractivity contribution is 6.00. The number of esters is 1. The van der Waals surface area contributed by atoms with E-state index < -0.39 is 5.91 Å². The molecule has 9 heterocycles. The van der Waals surface area contributed by atoms with Crippen LogP contribution < -0.4 is 30.2 Å². The summed E-state index contributed by atoms with van der Waals surface area (Å²) < 4.78 is 28.5. The molecule has 0 unspecified atom stereocenters. The molecule has 15 rings (SSSR count). The summed E-state index contributed by atoms with van der Waals surface area (Å²) in [6.07, 6.45) is 10.4. The Hall–Kier alpha value is -14.3. The average Bonchev–Trinajstić information content (AvgIpc) is 1.75. The summed E-state index contributed by atoms with van der Waals surface area (Å²) in [6, 6.07) is 63.3. The number of hydrogen-bond donors (Lipinski definition) is 3. The Morgan fingerprint density at radius 1 is 0.437 bits per heavy atom. The lowest BCUT2D eigenvalue weighted by atomic mass is 10.1. The van der Waals surface area contributed by atoms with E-state index in [0.717, 1.165) is 78.2 Å². The van der Waals surface area contributed by atoms with E-state index in [1.807, 2.05) is 170 Å². The molecule has 0 aliphatic carbocycles. The third-order valence-corrected chi connectivity index (χ3v) is 15.7. The first-order chi connectivity index (χ1) is 50.5. The van der Waals surface area contributed by atoms with E-state index >= 15 is 0 Å². The number of ether oxygens (including phenoxy) is 4. The summed E-state index contributed by atoms with van der Waals surface area (Å²) in [7, 11) is 0. The standard InChI is InChI=1S/C27H23N7O3.C26H21N5O3.C24H18N6O2/c1-2-26(35)30-16-27(36)29-15-18-8-9-20-22(14-18)28-13-12-23(20)37-17-25-32-31-24-11-10-21(33-34(24)25)19-6-4-3-5-7-19;1-2-6-26(32)34-16-18-9-10-20-22(15-18)27-14-13-23(20)33-17-25-29-28-24-12-11-21(30-31(24)25)19-7-4-3-5-8-19;1-2-24(31)26-17-8-9-18-20(14-17)25-13-12-21(18)32-15-23-28-27-22-11-10-19(29-30(22)23)16-6-4-3-5-7-16/h2-14H,1,15-17H2,(H,29,36)(H,30,35);2-15H,16-17H2,1H3;2-14H,1,15H2,(H,26,31)/b;6-2+;. The number of hydrogen-bond acceptors (Lipinski definition) is 20. The van der Waals surface area contributed by atoms with Crippen molar-refractivity contribution in [3.63, 3.8) is 0 Å². The maximum Gasteiger partial charge on any atom is 0.330 e. The van der Waals surface area contributed by atoms with Crippen LogP contribution in [-0.2, 0) is 56.9 Å². The number of nitrogens with one attached hydrogen (secondary N) is 3. The minimum atomic E-state index is -0.399. The molecule has 26 heteroatoms. The number of rotatable bonds is 22. The van der Waals surface area contributed by atoms with E-state index in [2.05, 4.69) is 79.8 Å². The third-order valence-electron chi connectivity index (χ3n) is 15.7. The molecule has 0 saturated carbocycles. The van der Waals surface area contributed by atoms with E-state index in [0.29, 0.717) is 69.4 Å². The Morgan fingerprint density at radius 2 is 0.854 bits per heavy atom. The average molecular weight is 1370 g/mol. The second-order valence-electron chi connectivity index (χ2n) is 22.6. The summed E-state index contributed by atoms with van der Waals surface area (Å²) in [5.74, 6) is 2.34. The van der Waals surface area contributed by atoms with Crippen LogP contribution in [0.5, 0.6) is 17.2 Å². The number of aromatic nitrogens is 15. The monoisotopic (exact) mass is 1370 g/mol. The number of carbonyl (C=O) groups excluding carboxylic acids is 4. The molecule has 0 spiro atoms. The van der Waals surface area contributed by atoms with Crippen LogP contribution in [-0.4, -0.2) is 105 Å². The van der Waals surface area contributed by atoms with E-state index in [1.165, 1.54) is 12.2 Å². The fourth-order valence-corrected chi connectivity index (χ4v) is 10.6. The molecule has 0 fully saturated rings. The fraction of sp³-hybridized carbons (Fsp3) is 0.0909. The van der Waals surface area contributed by atoms with Gasteiger partial charge in [0.1, 0.15) is 43.7 Å². The van der Waals surface area contributed by atoms with Gasteiger partial charge in [0.05, 0.1) is 40.2 Å². The van der Waals surface area contributed by atoms with Gasteiger partial charge in [0, 0.05) is 69.7 Å². The molecule has 9 aromatic heterocycles. The number of amides is 3. The van der Waals surface area contributed by atoms with Crippen molar-refractivity contribution in [3.05, 3.63) is 285 Å².